The van der Waals surface area contributed by atoms with E-state index in [4.69, 9.17) is 37.4 Å². The maximum absolute atomic E-state index is 13.4. The number of aromatic nitrogens is 1. The van der Waals surface area contributed by atoms with Gasteiger partial charge in [0.05, 0.1) is 29.8 Å². The van der Waals surface area contributed by atoms with Gasteiger partial charge in [0.15, 0.2) is 0 Å². The van der Waals surface area contributed by atoms with Gasteiger partial charge in [-0.05, 0) is 94.5 Å². The van der Waals surface area contributed by atoms with Crippen LogP contribution in [0.4, 0.5) is 4.79 Å². The van der Waals surface area contributed by atoms with Gasteiger partial charge in [-0.25, -0.2) is 14.6 Å². The Kier molecular flexibility index (Phi) is 9.79. The first-order valence-corrected chi connectivity index (χ1v) is 14.2. The number of benzene rings is 2. The monoisotopic (exact) mass is 600 g/mol. The van der Waals surface area contributed by atoms with Crippen LogP contribution >= 0.6 is 23.2 Å². The van der Waals surface area contributed by atoms with E-state index >= 15 is 0 Å². The fourth-order valence-electron chi connectivity index (χ4n) is 4.68. The molecule has 218 valence electrons. The molecule has 0 aliphatic heterocycles. The number of halogens is 2. The van der Waals surface area contributed by atoms with E-state index < -0.39 is 23.8 Å². The summed E-state index contributed by atoms with van der Waals surface area (Å²) in [5.41, 5.74) is 2.33. The predicted molar refractivity (Wildman–Crippen MR) is 157 cm³/mol. The predicted octanol–water partition coefficient (Wildman–Crippen LogP) is 7.19. The third kappa shape index (κ3) is 8.12. The van der Waals surface area contributed by atoms with E-state index in [9.17, 15) is 14.7 Å². The summed E-state index contributed by atoms with van der Waals surface area (Å²) in [5.74, 6) is 0.708. The van der Waals surface area contributed by atoms with E-state index in [0.717, 1.165) is 17.5 Å². The van der Waals surface area contributed by atoms with Crippen molar-refractivity contribution in [3.05, 3.63) is 87.2 Å². The largest absolute Gasteiger partial charge is 0.462 e. The lowest BCUT2D eigenvalue weighted by Crippen LogP contribution is -2.47. The highest BCUT2D eigenvalue weighted by atomic mass is 35.5. The van der Waals surface area contributed by atoms with E-state index in [1.807, 2.05) is 18.2 Å². The molecule has 0 spiro atoms. The number of hydrogen-bond donors (Lipinski definition) is 1. The van der Waals surface area contributed by atoms with Gasteiger partial charge < -0.3 is 24.2 Å². The lowest BCUT2D eigenvalue weighted by Gasteiger charge is -2.37. The number of pyridine rings is 1. The van der Waals surface area contributed by atoms with Gasteiger partial charge in [0, 0.05) is 17.8 Å². The van der Waals surface area contributed by atoms with Crippen molar-refractivity contribution >= 4 is 35.3 Å². The number of carbonyl (C=O) groups is 2. The molecular formula is C31H34Cl2N2O6. The molecule has 41 heavy (non-hydrogen) atoms. The van der Waals surface area contributed by atoms with Crippen LogP contribution in [0.5, 0.6) is 11.5 Å². The van der Waals surface area contributed by atoms with Crippen LogP contribution in [0.1, 0.15) is 67.3 Å². The number of aliphatic hydroxyl groups is 1. The number of aryl methyl sites for hydroxylation is 1. The third-order valence-electron chi connectivity index (χ3n) is 6.60. The van der Waals surface area contributed by atoms with Gasteiger partial charge in [-0.1, -0.05) is 35.3 Å². The second-order valence-corrected chi connectivity index (χ2v) is 11.6. The number of ether oxygens (including phenoxy) is 3. The molecule has 0 bridgehead atoms. The molecule has 0 fully saturated rings. The van der Waals surface area contributed by atoms with Gasteiger partial charge in [0.25, 0.3) is 0 Å². The summed E-state index contributed by atoms with van der Waals surface area (Å²) in [7, 11) is 0. The molecule has 1 N–H and O–H groups in total. The molecule has 2 aromatic carbocycles. The van der Waals surface area contributed by atoms with E-state index in [1.54, 1.807) is 62.9 Å². The molecular weight excluding hydrogens is 567 g/mol. The second-order valence-electron chi connectivity index (χ2n) is 10.9. The molecule has 2 atom stereocenters. The Morgan fingerprint density at radius 2 is 1.85 bits per heavy atom. The molecule has 8 nitrogen and oxygen atoms in total. The van der Waals surface area contributed by atoms with Crippen LogP contribution in [0.3, 0.4) is 0 Å². The number of carbonyl (C=O) groups excluding carboxylic acids is 2. The smallest absolute Gasteiger partial charge is 0.410 e. The van der Waals surface area contributed by atoms with Gasteiger partial charge >= 0.3 is 12.1 Å². The van der Waals surface area contributed by atoms with Crippen molar-refractivity contribution in [3.63, 3.8) is 0 Å². The van der Waals surface area contributed by atoms with Gasteiger partial charge in [0.2, 0.25) is 0 Å². The van der Waals surface area contributed by atoms with Gasteiger partial charge in [-0.15, -0.1) is 0 Å². The number of hydrogen-bond acceptors (Lipinski definition) is 7. The molecule has 10 heteroatoms. The van der Waals surface area contributed by atoms with Crippen molar-refractivity contribution in [1.29, 1.82) is 0 Å². The van der Waals surface area contributed by atoms with Crippen molar-refractivity contribution in [3.8, 4) is 11.5 Å². The number of aliphatic hydroxyl groups excluding tert-OH is 1. The van der Waals surface area contributed by atoms with Crippen LogP contribution in [0.2, 0.25) is 10.2 Å². The fraction of sp³-hybridized carbons (Fsp3) is 0.387. The maximum Gasteiger partial charge on any atom is 0.410 e. The fourth-order valence-corrected chi connectivity index (χ4v) is 4.96. The van der Waals surface area contributed by atoms with Crippen molar-refractivity contribution in [1.82, 2.24) is 9.88 Å². The number of amides is 1. The van der Waals surface area contributed by atoms with Crippen molar-refractivity contribution in [2.45, 2.75) is 64.7 Å². The van der Waals surface area contributed by atoms with E-state index in [1.165, 1.54) is 6.20 Å². The van der Waals surface area contributed by atoms with Gasteiger partial charge in [-0.2, -0.15) is 0 Å². The molecule has 0 saturated heterocycles. The van der Waals surface area contributed by atoms with Crippen LogP contribution in [-0.4, -0.2) is 51.8 Å². The number of esters is 1. The number of rotatable bonds is 8. The van der Waals surface area contributed by atoms with Crippen molar-refractivity contribution in [2.75, 3.05) is 13.2 Å². The lowest BCUT2D eigenvalue weighted by atomic mass is 9.87. The van der Waals surface area contributed by atoms with E-state index in [2.05, 4.69) is 4.98 Å². The quantitative estimate of drug-likeness (QED) is 0.216. The van der Waals surface area contributed by atoms with Crippen LogP contribution in [0.15, 0.2) is 54.7 Å². The summed E-state index contributed by atoms with van der Waals surface area (Å²) < 4.78 is 16.9. The topological polar surface area (TPSA) is 98.2 Å². The molecule has 0 unspecified atom stereocenters. The first kappa shape index (κ1) is 30.6. The van der Waals surface area contributed by atoms with Crippen molar-refractivity contribution < 1.29 is 28.9 Å². The Bertz CT molecular complexity index is 1410. The van der Waals surface area contributed by atoms with Crippen LogP contribution < -0.4 is 4.74 Å². The summed E-state index contributed by atoms with van der Waals surface area (Å²) in [5, 5.41) is 11.4. The minimum Gasteiger partial charge on any atom is -0.462 e. The van der Waals surface area contributed by atoms with Gasteiger partial charge in [0.1, 0.15) is 22.3 Å². The number of fused-ring (bicyclic) bond motifs is 1. The Hall–Kier alpha value is -3.33. The minimum atomic E-state index is -1.05. The average Bonchev–Trinajstić information content (AvgIpc) is 2.92. The average molecular weight is 602 g/mol. The molecule has 4 rings (SSSR count). The zero-order chi connectivity index (χ0) is 29.7. The van der Waals surface area contributed by atoms with E-state index in [-0.39, 0.29) is 29.4 Å². The van der Waals surface area contributed by atoms with Crippen LogP contribution in [0.25, 0.3) is 0 Å². The summed E-state index contributed by atoms with van der Waals surface area (Å²) in [4.78, 5) is 31.1. The Labute approximate surface area is 250 Å². The molecule has 1 heterocycles. The second kappa shape index (κ2) is 13.1. The molecule has 1 aliphatic rings. The first-order valence-electron chi connectivity index (χ1n) is 13.5. The van der Waals surface area contributed by atoms with Crippen LogP contribution in [-0.2, 0) is 22.3 Å². The summed E-state index contributed by atoms with van der Waals surface area (Å²) in [6.45, 7) is 7.45. The highest BCUT2D eigenvalue weighted by Gasteiger charge is 2.33. The third-order valence-corrected chi connectivity index (χ3v) is 7.29. The Balaban J connectivity index is 1.55. The minimum absolute atomic E-state index is 0.00853. The molecule has 0 saturated carbocycles. The normalized spacial score (nSPS) is 15.4. The molecule has 0 radical (unpaired) electrons. The summed E-state index contributed by atoms with van der Waals surface area (Å²) in [6, 6.07) is 14.0. The van der Waals surface area contributed by atoms with Gasteiger partial charge in [-0.3, -0.25) is 0 Å². The first-order chi connectivity index (χ1) is 19.4. The molecule has 3 aromatic rings. The lowest BCUT2D eigenvalue weighted by molar-refractivity contribution is 0.00191. The maximum atomic E-state index is 13.4. The van der Waals surface area contributed by atoms with Crippen molar-refractivity contribution in [2.24, 2.45) is 0 Å². The highest BCUT2D eigenvalue weighted by Crippen LogP contribution is 2.32. The molecule has 1 aliphatic carbocycles. The zero-order valence-electron chi connectivity index (χ0n) is 23.5. The number of nitrogens with zero attached hydrogens (tertiary/aromatic N) is 2. The SMILES string of the molecule is CCOC(=O)c1cccc(Oc2ccc3c(c2)C[C@@H](N(C[C@@H](O)c2cnc(Cl)c(Cl)c2)C(=O)OC(C)(C)C)CC3)c1. The highest BCUT2D eigenvalue weighted by molar-refractivity contribution is 6.41. The summed E-state index contributed by atoms with van der Waals surface area (Å²) >= 11 is 12.1. The zero-order valence-corrected chi connectivity index (χ0v) is 25.0. The summed E-state index contributed by atoms with van der Waals surface area (Å²) in [6.07, 6.45) is 1.86. The molecule has 1 amide bonds. The van der Waals surface area contributed by atoms with E-state index in [0.29, 0.717) is 35.5 Å². The Morgan fingerprint density at radius 3 is 2.56 bits per heavy atom. The van der Waals surface area contributed by atoms with Crippen LogP contribution in [0, 0.1) is 0 Å². The Morgan fingerprint density at radius 1 is 1.10 bits per heavy atom. The molecule has 1 aromatic heterocycles. The standard InChI is InChI=1S/C31H34Cl2N2O6/c1-5-39-29(37)20-7-6-8-24(14-20)40-25-12-10-19-9-11-23(13-21(19)15-25)35(30(38)41-31(2,3)4)18-27(36)22-16-26(32)28(33)34-17-22/h6-8,10,12,14-17,23,27,36H,5,9,11,13,18H2,1-4H3/t23-,27+/m0/s1.